The highest BCUT2D eigenvalue weighted by atomic mass is 19.4. The first-order chi connectivity index (χ1) is 19.5. The number of benzene rings is 3. The van der Waals surface area contributed by atoms with Crippen LogP contribution in [0.2, 0.25) is 0 Å². The lowest BCUT2D eigenvalue weighted by atomic mass is 10.1. The molecule has 1 N–H and O–H groups in total. The smallest absolute Gasteiger partial charge is 0.475 e. The summed E-state index contributed by atoms with van der Waals surface area (Å²) < 4.78 is 48.0. The minimum atomic E-state index is -5.08. The summed E-state index contributed by atoms with van der Waals surface area (Å²) in [6.45, 7) is 0.767. The van der Waals surface area contributed by atoms with E-state index >= 15 is 0 Å². The summed E-state index contributed by atoms with van der Waals surface area (Å²) in [5.41, 5.74) is 1.80. The molecular formula is C28H22F4N4O5. The van der Waals surface area contributed by atoms with Crippen molar-refractivity contribution < 1.29 is 37.1 Å². The highest BCUT2D eigenvalue weighted by Gasteiger charge is 2.38. The third-order valence-corrected chi connectivity index (χ3v) is 6.17. The number of para-hydroxylation sites is 2. The molecule has 4 aromatic rings. The van der Waals surface area contributed by atoms with Crippen LogP contribution < -0.4 is 10.3 Å². The molecule has 3 aromatic carbocycles. The molecule has 1 aliphatic heterocycles. The molecule has 2 amide bonds. The number of carbonyl (C=O) groups is 3. The van der Waals surface area contributed by atoms with Gasteiger partial charge in [0.2, 0.25) is 11.3 Å². The van der Waals surface area contributed by atoms with Gasteiger partial charge in [-0.2, -0.15) is 18.3 Å². The van der Waals surface area contributed by atoms with Crippen molar-refractivity contribution in [3.63, 3.8) is 0 Å². The number of amides is 2. The number of aromatic nitrogens is 2. The third kappa shape index (κ3) is 6.75. The quantitative estimate of drug-likeness (QED) is 0.375. The molecule has 41 heavy (non-hydrogen) atoms. The Kier molecular flexibility index (Phi) is 8.45. The Bertz CT molecular complexity index is 1660. The summed E-state index contributed by atoms with van der Waals surface area (Å²) in [5, 5.41) is 11.9. The third-order valence-electron chi connectivity index (χ3n) is 6.17. The van der Waals surface area contributed by atoms with Crippen LogP contribution in [0.25, 0.3) is 10.9 Å². The molecule has 5 rings (SSSR count). The van der Waals surface area contributed by atoms with Gasteiger partial charge in [0.05, 0.1) is 23.8 Å². The monoisotopic (exact) mass is 570 g/mol. The first-order valence-electron chi connectivity index (χ1n) is 12.1. The van der Waals surface area contributed by atoms with Crippen LogP contribution in [0.5, 0.6) is 0 Å². The van der Waals surface area contributed by atoms with Gasteiger partial charge in [-0.25, -0.2) is 9.18 Å². The zero-order valence-electron chi connectivity index (χ0n) is 21.2. The molecule has 1 aromatic heterocycles. The van der Waals surface area contributed by atoms with Gasteiger partial charge in [-0.05, 0) is 42.0 Å². The zero-order valence-corrected chi connectivity index (χ0v) is 21.2. The highest BCUT2D eigenvalue weighted by molar-refractivity contribution is 6.01. The fourth-order valence-corrected chi connectivity index (χ4v) is 4.19. The van der Waals surface area contributed by atoms with E-state index in [1.807, 2.05) is 36.4 Å². The second kappa shape index (κ2) is 12.0. The van der Waals surface area contributed by atoms with Gasteiger partial charge in [0.1, 0.15) is 12.4 Å². The molecule has 13 heteroatoms. The summed E-state index contributed by atoms with van der Waals surface area (Å²) in [7, 11) is 0. The summed E-state index contributed by atoms with van der Waals surface area (Å²) in [5.74, 6) is -4.15. The Labute approximate surface area is 229 Å². The molecule has 0 atom stereocenters. The fourth-order valence-electron chi connectivity index (χ4n) is 4.19. The number of fused-ring (bicyclic) bond motifs is 1. The van der Waals surface area contributed by atoms with Gasteiger partial charge < -0.3 is 14.9 Å². The molecule has 2 heterocycles. The van der Waals surface area contributed by atoms with Crippen LogP contribution in [-0.4, -0.2) is 63.4 Å². The zero-order chi connectivity index (χ0) is 29.7. The molecule has 0 saturated carbocycles. The van der Waals surface area contributed by atoms with Gasteiger partial charge in [0, 0.05) is 24.2 Å². The number of aliphatic carboxylic acids is 1. The maximum Gasteiger partial charge on any atom is 0.490 e. The van der Waals surface area contributed by atoms with E-state index in [-0.39, 0.29) is 30.0 Å². The Morgan fingerprint density at radius 2 is 1.59 bits per heavy atom. The lowest BCUT2D eigenvalue weighted by molar-refractivity contribution is -0.192. The van der Waals surface area contributed by atoms with E-state index in [4.69, 9.17) is 9.90 Å². The number of nitrogens with zero attached hydrogens (tertiary/aromatic N) is 4. The van der Waals surface area contributed by atoms with Crippen molar-refractivity contribution in [2.24, 2.45) is 0 Å². The summed E-state index contributed by atoms with van der Waals surface area (Å²) in [6, 6.07) is 20.7. The maximum absolute atomic E-state index is 14.7. The summed E-state index contributed by atoms with van der Waals surface area (Å²) in [6.07, 6.45) is -3.84. The minimum Gasteiger partial charge on any atom is -0.475 e. The molecule has 0 spiro atoms. The van der Waals surface area contributed by atoms with Crippen molar-refractivity contribution >= 4 is 34.4 Å². The Hall–Kier alpha value is -5.07. The predicted octanol–water partition coefficient (Wildman–Crippen LogP) is 3.71. The number of alkyl halides is 3. The standard InChI is InChI=1S/C26H21FN4O3.C2HF3O2/c27-22-11-10-18(16-31-23-9-5-4-8-20(23)24(32)15-28-31)14-21(22)26(34)29-12-13-30(25(33)17-29)19-6-2-1-3-7-19;3-2(4,5)1(6)7/h1-11,14-15H,12-13,16-17H2;(H,6,7). The van der Waals surface area contributed by atoms with Gasteiger partial charge in [-0.3, -0.25) is 19.1 Å². The summed E-state index contributed by atoms with van der Waals surface area (Å²) in [4.78, 5) is 49.8. The number of hydrogen-bond acceptors (Lipinski definition) is 5. The number of carboxylic acids is 1. The highest BCUT2D eigenvalue weighted by Crippen LogP contribution is 2.20. The van der Waals surface area contributed by atoms with Crippen LogP contribution in [0, 0.1) is 5.82 Å². The Morgan fingerprint density at radius 3 is 2.24 bits per heavy atom. The van der Waals surface area contributed by atoms with Crippen LogP contribution >= 0.6 is 0 Å². The van der Waals surface area contributed by atoms with Crippen LogP contribution in [0.1, 0.15) is 15.9 Å². The van der Waals surface area contributed by atoms with E-state index in [0.717, 1.165) is 5.69 Å². The number of hydrogen-bond donors (Lipinski definition) is 1. The molecule has 0 radical (unpaired) electrons. The van der Waals surface area contributed by atoms with Crippen LogP contribution in [0.3, 0.4) is 0 Å². The SMILES string of the molecule is O=C(O)C(F)(F)F.O=C(c1cc(Cn2ncc(=O)c3ccccc32)ccc1F)N1CCN(c2ccccc2)C(=O)C1. The van der Waals surface area contributed by atoms with Crippen molar-refractivity contribution in [3.05, 3.63) is 106 Å². The van der Waals surface area contributed by atoms with Crippen LogP contribution in [-0.2, 0) is 16.1 Å². The first kappa shape index (κ1) is 28.9. The van der Waals surface area contributed by atoms with Gasteiger partial charge in [0.25, 0.3) is 5.91 Å². The largest absolute Gasteiger partial charge is 0.490 e. The number of piperazine rings is 1. The Balaban J connectivity index is 0.000000493. The van der Waals surface area contributed by atoms with Crippen molar-refractivity contribution in [2.45, 2.75) is 12.7 Å². The number of carbonyl (C=O) groups excluding carboxylic acids is 2. The molecule has 212 valence electrons. The number of carboxylic acid groups (broad SMARTS) is 1. The second-order valence-corrected chi connectivity index (χ2v) is 8.91. The van der Waals surface area contributed by atoms with Crippen LogP contribution in [0.15, 0.2) is 83.8 Å². The van der Waals surface area contributed by atoms with Gasteiger partial charge in [-0.1, -0.05) is 36.4 Å². The van der Waals surface area contributed by atoms with Crippen molar-refractivity contribution in [1.29, 1.82) is 0 Å². The number of rotatable bonds is 4. The minimum absolute atomic E-state index is 0.0937. The average Bonchev–Trinajstić information content (AvgIpc) is 2.95. The van der Waals surface area contributed by atoms with E-state index in [1.54, 1.807) is 33.8 Å². The van der Waals surface area contributed by atoms with Crippen molar-refractivity contribution in [3.8, 4) is 0 Å². The fraction of sp³-hybridized carbons (Fsp3) is 0.179. The average molecular weight is 570 g/mol. The lowest BCUT2D eigenvalue weighted by Crippen LogP contribution is -2.52. The van der Waals surface area contributed by atoms with Gasteiger partial charge in [-0.15, -0.1) is 0 Å². The molecule has 0 bridgehead atoms. The maximum atomic E-state index is 14.7. The Morgan fingerprint density at radius 1 is 0.927 bits per heavy atom. The lowest BCUT2D eigenvalue weighted by Gasteiger charge is -2.34. The van der Waals surface area contributed by atoms with E-state index in [2.05, 4.69) is 5.10 Å². The molecule has 0 unspecified atom stereocenters. The molecule has 1 saturated heterocycles. The second-order valence-electron chi connectivity index (χ2n) is 8.91. The topological polar surface area (TPSA) is 113 Å². The van der Waals surface area contributed by atoms with E-state index in [0.29, 0.717) is 29.6 Å². The van der Waals surface area contributed by atoms with Crippen molar-refractivity contribution in [1.82, 2.24) is 14.7 Å². The molecular weight excluding hydrogens is 548 g/mol. The van der Waals surface area contributed by atoms with Crippen molar-refractivity contribution in [2.75, 3.05) is 24.5 Å². The van der Waals surface area contributed by atoms with Crippen LogP contribution in [0.4, 0.5) is 23.2 Å². The molecule has 9 nitrogen and oxygen atoms in total. The van der Waals surface area contributed by atoms with Gasteiger partial charge >= 0.3 is 12.1 Å². The molecule has 1 fully saturated rings. The first-order valence-corrected chi connectivity index (χ1v) is 12.1. The number of halogens is 4. The normalized spacial score (nSPS) is 13.5. The van der Waals surface area contributed by atoms with E-state index in [9.17, 15) is 31.9 Å². The predicted molar refractivity (Wildman–Crippen MR) is 140 cm³/mol. The molecule has 1 aliphatic rings. The number of anilines is 1. The van der Waals surface area contributed by atoms with E-state index in [1.165, 1.54) is 23.2 Å². The van der Waals surface area contributed by atoms with Gasteiger partial charge in [0.15, 0.2) is 0 Å². The molecule has 0 aliphatic carbocycles. The summed E-state index contributed by atoms with van der Waals surface area (Å²) >= 11 is 0. The van der Waals surface area contributed by atoms with E-state index < -0.39 is 23.9 Å².